The molecule has 9 atom stereocenters. The lowest BCUT2D eigenvalue weighted by Gasteiger charge is -2.30. The van der Waals surface area contributed by atoms with E-state index in [1.54, 1.807) is 13.8 Å². The van der Waals surface area contributed by atoms with Crippen LogP contribution in [0.25, 0.3) is 0 Å². The molecule has 360 valence electrons. The molecule has 3 rings (SSSR count). The number of hydrogen-bond donors (Lipinski definition) is 15. The number of aromatic amines is 1. The largest absolute Gasteiger partial charge is 0.508 e. The number of benzene rings is 2. The standard InChI is InChI=1S/C42H58N10O14/c1-4-21(2)34(51-39(62)32(19-54)49-36(59)28(46-33(58)16-43)13-23-5-9-26(56)10-6-23)40(63)52-35(22(3)55)41(64)50-31(18-53)38(61)47-29(15-25-17-44-20-45-25)37(60)48-30(42(65)66)14-24-7-11-27(57)12-8-24/h5-12,17,20-22,28-32,34-35,53-57H,4,13-16,18-19,43H2,1-3H3,(H,44,45)(H,46,58)(H,47,61)(H,48,60)(H,49,59)(H,50,64)(H,51,62)(H,52,63)(H,65,66)/t21?,22?,28-,29-,30-,31-,32-,34-,35-/m0/s1. The average molecular weight is 927 g/mol. The highest BCUT2D eigenvalue weighted by Crippen LogP contribution is 2.14. The van der Waals surface area contributed by atoms with E-state index in [9.17, 15) is 69.0 Å². The van der Waals surface area contributed by atoms with Crippen LogP contribution in [0.4, 0.5) is 0 Å². The third kappa shape index (κ3) is 16.4. The normalized spacial score (nSPS) is 15.1. The van der Waals surface area contributed by atoms with Crippen molar-refractivity contribution >= 4 is 47.3 Å². The van der Waals surface area contributed by atoms with E-state index >= 15 is 0 Å². The van der Waals surface area contributed by atoms with E-state index in [4.69, 9.17) is 5.73 Å². The fraction of sp³-hybridized carbons (Fsp3) is 0.452. The van der Waals surface area contributed by atoms with Gasteiger partial charge < -0.3 is 78.6 Å². The van der Waals surface area contributed by atoms with Gasteiger partial charge in [0.15, 0.2) is 0 Å². The van der Waals surface area contributed by atoms with Crippen molar-refractivity contribution in [1.82, 2.24) is 47.2 Å². The second-order valence-corrected chi connectivity index (χ2v) is 15.4. The summed E-state index contributed by atoms with van der Waals surface area (Å²) in [6.07, 6.45) is 0.700. The Balaban J connectivity index is 1.74. The van der Waals surface area contributed by atoms with Gasteiger partial charge >= 0.3 is 5.97 Å². The highest BCUT2D eigenvalue weighted by molar-refractivity contribution is 5.98. The summed E-state index contributed by atoms with van der Waals surface area (Å²) in [7, 11) is 0. The number of carbonyl (C=O) groups excluding carboxylic acids is 7. The SMILES string of the molecule is CCC(C)[C@H](NC(=O)[C@H](CO)NC(=O)[C@H](Cc1ccc(O)cc1)NC(=O)CN)C(=O)N[C@H](C(=O)N[C@@H](CO)C(=O)N[C@@H](Cc1cnc[nH]1)C(=O)N[C@@H](Cc1ccc(O)cc1)C(=O)O)C(C)O. The number of nitrogens with two attached hydrogens (primary N) is 1. The van der Waals surface area contributed by atoms with Gasteiger partial charge in [-0.1, -0.05) is 44.5 Å². The first-order valence-electron chi connectivity index (χ1n) is 20.8. The summed E-state index contributed by atoms with van der Waals surface area (Å²) in [6, 6.07) is 0.303. The fourth-order valence-corrected chi connectivity index (χ4v) is 6.29. The van der Waals surface area contributed by atoms with E-state index < -0.39 is 121 Å². The monoisotopic (exact) mass is 926 g/mol. The van der Waals surface area contributed by atoms with Crippen LogP contribution in [0.2, 0.25) is 0 Å². The van der Waals surface area contributed by atoms with Gasteiger partial charge in [0.1, 0.15) is 53.8 Å². The van der Waals surface area contributed by atoms with E-state index in [2.05, 4.69) is 47.2 Å². The maximum absolute atomic E-state index is 13.8. The molecule has 0 radical (unpaired) electrons. The fourth-order valence-electron chi connectivity index (χ4n) is 6.29. The van der Waals surface area contributed by atoms with Crippen molar-refractivity contribution in [2.75, 3.05) is 19.8 Å². The van der Waals surface area contributed by atoms with Crippen molar-refractivity contribution in [2.24, 2.45) is 11.7 Å². The molecule has 7 amide bonds. The van der Waals surface area contributed by atoms with Gasteiger partial charge in [0.2, 0.25) is 41.4 Å². The molecule has 3 aromatic rings. The Labute approximate surface area is 378 Å². The van der Waals surface area contributed by atoms with Crippen LogP contribution in [0.3, 0.4) is 0 Å². The van der Waals surface area contributed by atoms with Gasteiger partial charge in [0, 0.05) is 31.2 Å². The van der Waals surface area contributed by atoms with Crippen LogP contribution in [-0.2, 0) is 57.6 Å². The van der Waals surface area contributed by atoms with Crippen molar-refractivity contribution in [2.45, 2.75) is 94.9 Å². The van der Waals surface area contributed by atoms with Crippen LogP contribution in [-0.4, -0.2) is 156 Å². The quantitative estimate of drug-likeness (QED) is 0.0362. The molecule has 0 aliphatic carbocycles. The molecule has 0 aliphatic heterocycles. The van der Waals surface area contributed by atoms with E-state index in [0.29, 0.717) is 16.8 Å². The highest BCUT2D eigenvalue weighted by atomic mass is 16.4. The Morgan fingerprint density at radius 1 is 0.606 bits per heavy atom. The number of rotatable bonds is 26. The number of imidazole rings is 1. The lowest BCUT2D eigenvalue weighted by Crippen LogP contribution is -2.63. The van der Waals surface area contributed by atoms with Crippen molar-refractivity contribution in [3.05, 3.63) is 77.9 Å². The minimum Gasteiger partial charge on any atom is -0.508 e. The number of aromatic hydroxyl groups is 2. The number of hydrogen-bond acceptors (Lipinski definition) is 15. The molecule has 2 unspecified atom stereocenters. The third-order valence-electron chi connectivity index (χ3n) is 10.3. The number of carboxylic acid groups (broad SMARTS) is 1. The zero-order chi connectivity index (χ0) is 49.1. The first-order valence-corrected chi connectivity index (χ1v) is 20.8. The second-order valence-electron chi connectivity index (χ2n) is 15.4. The van der Waals surface area contributed by atoms with E-state index in [-0.39, 0.29) is 37.2 Å². The van der Waals surface area contributed by atoms with Gasteiger partial charge in [-0.15, -0.1) is 0 Å². The zero-order valence-electron chi connectivity index (χ0n) is 36.4. The van der Waals surface area contributed by atoms with Gasteiger partial charge in [0.05, 0.1) is 32.2 Å². The number of aliphatic hydroxyl groups is 3. The summed E-state index contributed by atoms with van der Waals surface area (Å²) in [5.41, 5.74) is 6.72. The minimum atomic E-state index is -1.82. The van der Waals surface area contributed by atoms with Crippen LogP contribution in [0.5, 0.6) is 11.5 Å². The summed E-state index contributed by atoms with van der Waals surface area (Å²) in [5, 5.41) is 76.5. The molecule has 2 aromatic carbocycles. The molecule has 0 saturated carbocycles. The van der Waals surface area contributed by atoms with E-state index in [1.165, 1.54) is 61.1 Å². The second kappa shape index (κ2) is 26.0. The predicted molar refractivity (Wildman–Crippen MR) is 231 cm³/mol. The molecule has 0 fully saturated rings. The molecule has 0 aliphatic rings. The first-order chi connectivity index (χ1) is 31.3. The molecule has 0 saturated heterocycles. The number of carbonyl (C=O) groups is 8. The molecule has 16 N–H and O–H groups in total. The number of nitrogens with zero attached hydrogens (tertiary/aromatic N) is 1. The first kappa shape index (κ1) is 53.2. The van der Waals surface area contributed by atoms with Gasteiger partial charge in [-0.3, -0.25) is 33.6 Å². The molecular weight excluding hydrogens is 869 g/mol. The van der Waals surface area contributed by atoms with Crippen molar-refractivity contribution in [3.63, 3.8) is 0 Å². The van der Waals surface area contributed by atoms with E-state index in [1.807, 2.05) is 0 Å². The van der Waals surface area contributed by atoms with Crippen LogP contribution in [0, 0.1) is 5.92 Å². The molecule has 0 spiro atoms. The Morgan fingerprint density at radius 3 is 1.48 bits per heavy atom. The topological polar surface area (TPSA) is 397 Å². The van der Waals surface area contributed by atoms with Crippen molar-refractivity contribution < 1.29 is 69.0 Å². The van der Waals surface area contributed by atoms with Crippen molar-refractivity contribution in [3.8, 4) is 11.5 Å². The van der Waals surface area contributed by atoms with Crippen molar-refractivity contribution in [1.29, 1.82) is 0 Å². The number of aromatic nitrogens is 2. The number of amides is 7. The molecular formula is C42H58N10O14. The summed E-state index contributed by atoms with van der Waals surface area (Å²) in [6.45, 7) is 1.89. The predicted octanol–water partition coefficient (Wildman–Crippen LogP) is -4.30. The number of H-pyrrole nitrogens is 1. The zero-order valence-corrected chi connectivity index (χ0v) is 36.4. The maximum atomic E-state index is 13.8. The van der Waals surface area contributed by atoms with Gasteiger partial charge in [-0.05, 0) is 48.2 Å². The van der Waals surface area contributed by atoms with Crippen LogP contribution in [0.15, 0.2) is 61.1 Å². The van der Waals surface area contributed by atoms with Crippen LogP contribution >= 0.6 is 0 Å². The summed E-state index contributed by atoms with van der Waals surface area (Å²) < 4.78 is 0. The number of phenolic OH excluding ortho intramolecular Hbond substituents is 2. The number of nitrogens with one attached hydrogen (secondary N) is 8. The number of aliphatic carboxylic acids is 1. The smallest absolute Gasteiger partial charge is 0.326 e. The highest BCUT2D eigenvalue weighted by Gasteiger charge is 2.37. The number of aliphatic hydroxyl groups excluding tert-OH is 3. The molecule has 1 heterocycles. The summed E-state index contributed by atoms with van der Waals surface area (Å²) >= 11 is 0. The van der Waals surface area contributed by atoms with E-state index in [0.717, 1.165) is 6.92 Å². The molecule has 1 aromatic heterocycles. The number of phenols is 2. The summed E-state index contributed by atoms with van der Waals surface area (Å²) in [4.78, 5) is 112. The van der Waals surface area contributed by atoms with Gasteiger partial charge in [-0.25, -0.2) is 9.78 Å². The maximum Gasteiger partial charge on any atom is 0.326 e. The minimum absolute atomic E-state index is 0.0472. The lowest BCUT2D eigenvalue weighted by molar-refractivity contribution is -0.142. The van der Waals surface area contributed by atoms with Gasteiger partial charge in [0.25, 0.3) is 0 Å². The Morgan fingerprint density at radius 2 is 1.03 bits per heavy atom. The molecule has 24 nitrogen and oxygen atoms in total. The molecule has 24 heteroatoms. The Hall–Kier alpha value is -7.15. The molecule has 0 bridgehead atoms. The van der Waals surface area contributed by atoms with Gasteiger partial charge in [-0.2, -0.15) is 0 Å². The Bertz CT molecular complexity index is 2100. The summed E-state index contributed by atoms with van der Waals surface area (Å²) in [5.74, 6) is -9.12. The third-order valence-corrected chi connectivity index (χ3v) is 10.3. The van der Waals surface area contributed by atoms with Crippen LogP contribution in [0.1, 0.15) is 44.0 Å². The molecule has 66 heavy (non-hydrogen) atoms. The lowest BCUT2D eigenvalue weighted by atomic mass is 9.97. The number of carboxylic acids is 1. The average Bonchev–Trinajstić information content (AvgIpc) is 3.81. The van der Waals surface area contributed by atoms with Crippen LogP contribution < -0.4 is 43.0 Å². The Kier molecular flexibility index (Phi) is 20.9.